The average Bonchev–Trinajstić information content (AvgIpc) is 3.22. The molecule has 0 saturated heterocycles. The highest BCUT2D eigenvalue weighted by atomic mass is 32.2. The highest BCUT2D eigenvalue weighted by molar-refractivity contribution is 7.86. The number of hydrogen-bond donors (Lipinski definition) is 0. The van der Waals surface area contributed by atoms with Gasteiger partial charge in [0.25, 0.3) is 10.1 Å². The molecule has 0 amide bonds. The molecule has 57 heavy (non-hydrogen) atoms. The van der Waals surface area contributed by atoms with Crippen molar-refractivity contribution in [3.63, 3.8) is 0 Å². The van der Waals surface area contributed by atoms with Gasteiger partial charge in [-0.1, -0.05) is 226 Å². The molecule has 338 valence electrons. The summed E-state index contributed by atoms with van der Waals surface area (Å²) in [6, 6.07) is 8.35. The molecule has 0 N–H and O–H groups in total. The van der Waals surface area contributed by atoms with Crippen molar-refractivity contribution in [2.45, 2.75) is 271 Å². The van der Waals surface area contributed by atoms with Gasteiger partial charge in [-0.25, -0.2) is 0 Å². The molecule has 1 aromatic carbocycles. The van der Waals surface area contributed by atoms with Gasteiger partial charge in [-0.05, 0) is 69.9 Å². The van der Waals surface area contributed by atoms with Gasteiger partial charge in [0.15, 0.2) is 0 Å². The Kier molecular flexibility index (Phi) is 43.3. The Hall–Kier alpha value is -0.440. The molecule has 0 atom stereocenters. The summed E-state index contributed by atoms with van der Waals surface area (Å²) in [7, 11) is -4.29. The van der Waals surface area contributed by atoms with Crippen molar-refractivity contribution >= 4 is 17.4 Å². The van der Waals surface area contributed by atoms with E-state index in [1.54, 1.807) is 80.7 Å². The Balaban J connectivity index is 0.00000115. The van der Waals surface area contributed by atoms with Crippen LogP contribution < -0.4 is 0 Å². The average molecular weight is 838 g/mol. The van der Waals surface area contributed by atoms with Gasteiger partial charge in [-0.2, -0.15) is 8.42 Å². The maximum absolute atomic E-state index is 11.9. The Morgan fingerprint density at radius 2 is 0.596 bits per heavy atom. The maximum atomic E-state index is 11.9. The quantitative estimate of drug-likeness (QED) is 0.0374. The third-order valence-electron chi connectivity index (χ3n) is 12.2. The maximum Gasteiger partial charge on any atom is 0.296 e. The largest absolute Gasteiger partial charge is 0.296 e. The first-order chi connectivity index (χ1) is 27.9. The van der Waals surface area contributed by atoms with Gasteiger partial charge in [-0.15, -0.1) is 0 Å². The fourth-order valence-electron chi connectivity index (χ4n) is 8.35. The van der Waals surface area contributed by atoms with E-state index in [-0.39, 0.29) is 11.5 Å². The summed E-state index contributed by atoms with van der Waals surface area (Å²) in [5, 5.41) is 0. The number of unbranched alkanes of at least 4 members (excludes halogenated alkanes) is 31. The second-order valence-electron chi connectivity index (χ2n) is 17.8. The summed E-state index contributed by atoms with van der Waals surface area (Å²) in [5.41, 5.74) is 0. The number of hydrogen-bond acceptors (Lipinski definition) is 3. The van der Waals surface area contributed by atoms with Crippen molar-refractivity contribution in [1.29, 1.82) is 0 Å². The van der Waals surface area contributed by atoms with E-state index in [0.29, 0.717) is 0 Å². The first kappa shape index (κ1) is 56.6. The second kappa shape index (κ2) is 43.6. The summed E-state index contributed by atoms with van der Waals surface area (Å²) in [6.07, 6.45) is 57.3. The molecule has 0 aliphatic rings. The molecule has 5 heteroatoms. The highest BCUT2D eigenvalue weighted by Gasteiger charge is 2.35. The number of benzene rings is 1. The molecule has 0 aliphatic heterocycles. The molecule has 0 aromatic heterocycles. The van der Waals surface area contributed by atoms with Crippen LogP contribution in [0.3, 0.4) is 0 Å². The smallest absolute Gasteiger partial charge is 0.266 e. The topological polar surface area (TPSA) is 43.4 Å². The third kappa shape index (κ3) is 37.1. The van der Waals surface area contributed by atoms with Crippen LogP contribution in [0.2, 0.25) is 0 Å². The molecular weight excluding hydrogens is 736 g/mol. The van der Waals surface area contributed by atoms with Crippen molar-refractivity contribution < 1.29 is 12.6 Å². The first-order valence-corrected chi connectivity index (χ1v) is 29.6. The molecule has 0 heterocycles. The van der Waals surface area contributed by atoms with Gasteiger partial charge in [0, 0.05) is 7.26 Å². The lowest BCUT2D eigenvalue weighted by molar-refractivity contribution is 0.306. The normalized spacial score (nSPS) is 11.9. The fourth-order valence-corrected chi connectivity index (χ4v) is 14.2. The zero-order valence-electron chi connectivity index (χ0n) is 39.5. The minimum absolute atomic E-state index is 0.240. The standard InChI is InChI=1S/C32H68P.C20H34O3S/c1-5-9-13-17-21-25-29-33(30-26-22-18-14-10-6-2,31-27-23-19-15-11-7-3)32-28-24-20-16-12-8-4;1-2-3-4-5-6-7-8-9-10-11-12-16-19-23-24(21,22)20-17-14-13-15-18-20/h5-32H2,1-4H3;13-15,17-18H,2-12,16,19H2,1H3/q+1;. The molecule has 1 rings (SSSR count). The minimum atomic E-state index is -3.57. The van der Waals surface area contributed by atoms with E-state index >= 15 is 0 Å². The van der Waals surface area contributed by atoms with E-state index in [2.05, 4.69) is 34.6 Å². The van der Waals surface area contributed by atoms with Crippen LogP contribution in [0, 0.1) is 0 Å². The Labute approximate surface area is 360 Å². The number of rotatable bonds is 43. The van der Waals surface area contributed by atoms with Crippen LogP contribution in [0.1, 0.15) is 266 Å². The van der Waals surface area contributed by atoms with Crippen LogP contribution in [-0.2, 0) is 14.3 Å². The molecule has 0 spiro atoms. The monoisotopic (exact) mass is 838 g/mol. The highest BCUT2D eigenvalue weighted by Crippen LogP contribution is 2.61. The zero-order chi connectivity index (χ0) is 41.8. The Bertz CT molecular complexity index is 944. The van der Waals surface area contributed by atoms with Gasteiger partial charge in [0.1, 0.15) is 0 Å². The zero-order valence-corrected chi connectivity index (χ0v) is 41.2. The van der Waals surface area contributed by atoms with Crippen molar-refractivity contribution in [3.05, 3.63) is 30.3 Å². The van der Waals surface area contributed by atoms with Crippen LogP contribution in [0.5, 0.6) is 0 Å². The van der Waals surface area contributed by atoms with E-state index in [4.69, 9.17) is 4.18 Å². The van der Waals surface area contributed by atoms with E-state index in [9.17, 15) is 8.42 Å². The fraction of sp³-hybridized carbons (Fsp3) is 0.885. The van der Waals surface area contributed by atoms with Gasteiger partial charge in [0.05, 0.1) is 36.2 Å². The third-order valence-corrected chi connectivity index (χ3v) is 18.6. The lowest BCUT2D eigenvalue weighted by Gasteiger charge is -2.28. The Morgan fingerprint density at radius 3 is 0.877 bits per heavy atom. The Morgan fingerprint density at radius 1 is 0.351 bits per heavy atom. The van der Waals surface area contributed by atoms with E-state index in [1.807, 2.05) is 0 Å². The summed E-state index contributed by atoms with van der Waals surface area (Å²) < 4.78 is 28.9. The summed E-state index contributed by atoms with van der Waals surface area (Å²) in [6.45, 7) is 11.9. The lowest BCUT2D eigenvalue weighted by atomic mass is 10.1. The molecule has 0 bridgehead atoms. The molecular formula is C52H102O3PS+. The van der Waals surface area contributed by atoms with E-state index in [1.165, 1.54) is 193 Å². The van der Waals surface area contributed by atoms with Crippen LogP contribution in [-0.4, -0.2) is 39.7 Å². The lowest BCUT2D eigenvalue weighted by Crippen LogP contribution is -2.13. The van der Waals surface area contributed by atoms with E-state index in [0.717, 1.165) is 12.8 Å². The molecule has 0 unspecified atom stereocenters. The summed E-state index contributed by atoms with van der Waals surface area (Å²) in [4.78, 5) is 0.240. The summed E-state index contributed by atoms with van der Waals surface area (Å²) >= 11 is 0. The van der Waals surface area contributed by atoms with Crippen molar-refractivity contribution in [3.8, 4) is 0 Å². The molecule has 1 aromatic rings. The molecule has 0 fully saturated rings. The molecule has 0 aliphatic carbocycles. The van der Waals surface area contributed by atoms with Crippen LogP contribution in [0.4, 0.5) is 0 Å². The van der Waals surface area contributed by atoms with Crippen molar-refractivity contribution in [2.24, 2.45) is 0 Å². The van der Waals surface area contributed by atoms with Gasteiger partial charge in [-0.3, -0.25) is 4.18 Å². The van der Waals surface area contributed by atoms with Crippen LogP contribution in [0.15, 0.2) is 35.2 Å². The van der Waals surface area contributed by atoms with Crippen molar-refractivity contribution in [1.82, 2.24) is 0 Å². The predicted molar refractivity (Wildman–Crippen MR) is 261 cm³/mol. The van der Waals surface area contributed by atoms with Gasteiger partial charge in [0.2, 0.25) is 0 Å². The predicted octanol–water partition coefficient (Wildman–Crippen LogP) is 18.5. The van der Waals surface area contributed by atoms with Gasteiger partial charge < -0.3 is 0 Å². The van der Waals surface area contributed by atoms with Crippen molar-refractivity contribution in [2.75, 3.05) is 31.3 Å². The minimum Gasteiger partial charge on any atom is -0.266 e. The summed E-state index contributed by atoms with van der Waals surface area (Å²) in [5.74, 6) is 0. The molecule has 0 radical (unpaired) electrons. The SMILES string of the molecule is CCCCCCCCCCCCCCOS(=O)(=O)c1ccccc1.CCCCCCCC[P+](CCCCCCCC)(CCCCCCCC)CCCCCCCC. The first-order valence-electron chi connectivity index (χ1n) is 25.7. The van der Waals surface area contributed by atoms with Gasteiger partial charge >= 0.3 is 0 Å². The van der Waals surface area contributed by atoms with Crippen LogP contribution >= 0.6 is 7.26 Å². The molecule has 0 saturated carbocycles. The van der Waals surface area contributed by atoms with Crippen LogP contribution in [0.25, 0.3) is 0 Å². The second-order valence-corrected chi connectivity index (χ2v) is 23.9. The van der Waals surface area contributed by atoms with E-state index < -0.39 is 17.4 Å². The molecule has 3 nitrogen and oxygen atoms in total.